The van der Waals surface area contributed by atoms with E-state index in [9.17, 15) is 0 Å². The van der Waals surface area contributed by atoms with Gasteiger partial charge in [-0.25, -0.2) is 0 Å². The monoisotopic (exact) mass is 365 g/mol. The fraction of sp³-hybridized carbons (Fsp3) is 1.00. The van der Waals surface area contributed by atoms with Crippen LogP contribution >= 0.6 is 0 Å². The lowest BCUT2D eigenvalue weighted by Crippen LogP contribution is -2.65. The quantitative estimate of drug-likeness (QED) is 0.666. The Morgan fingerprint density at radius 3 is 1.85 bits per heavy atom. The lowest BCUT2D eigenvalue weighted by atomic mass is 9.53. The van der Waals surface area contributed by atoms with Gasteiger partial charge in [0.2, 0.25) is 11.6 Å². The molecule has 2 saturated heterocycles. The Morgan fingerprint density at radius 1 is 0.692 bits per heavy atom. The molecule has 6 nitrogen and oxygen atoms in total. The van der Waals surface area contributed by atoms with E-state index in [1.165, 1.54) is 32.1 Å². The van der Waals surface area contributed by atoms with Crippen molar-refractivity contribution in [1.29, 1.82) is 0 Å². The number of hydrogen-bond acceptors (Lipinski definition) is 6. The second-order valence-electron chi connectivity index (χ2n) is 9.65. The molecule has 146 valence electrons. The first kappa shape index (κ1) is 16.7. The molecule has 7 fully saturated rings. The van der Waals surface area contributed by atoms with Crippen LogP contribution in [0.2, 0.25) is 0 Å². The molecule has 0 aromatic rings. The lowest BCUT2D eigenvalue weighted by molar-refractivity contribution is -0.680. The Hall–Kier alpha value is -0.240. The minimum Gasteiger partial charge on any atom is -0.379 e. The van der Waals surface area contributed by atoms with Gasteiger partial charge in [-0.2, -0.15) is 19.6 Å². The molecule has 2 heterocycles. The van der Waals surface area contributed by atoms with E-state index in [0.29, 0.717) is 17.9 Å². The molecule has 4 bridgehead atoms. The standard InChI is InChI=1S/C20H31NO5/c1-3-19(4-2-18(1)21-5-7-22-8-6-21)23-25-20(26-24-19)16-10-14-9-15(12-16)13-17(20)11-14/h14-18H,1-13H2. The molecule has 0 aromatic carbocycles. The SMILES string of the molecule is C1CN(C2CCC3(CC2)OOC2(OO3)C3CC4CC(C3)CC2C4)CCO1. The minimum absolute atomic E-state index is 0.445. The number of rotatable bonds is 1. The Balaban J connectivity index is 1.10. The molecule has 0 radical (unpaired) electrons. The summed E-state index contributed by atoms with van der Waals surface area (Å²) in [6.45, 7) is 3.80. The van der Waals surface area contributed by atoms with Gasteiger partial charge < -0.3 is 4.74 Å². The summed E-state index contributed by atoms with van der Waals surface area (Å²) in [5.74, 6) is 1.31. The van der Waals surface area contributed by atoms with Gasteiger partial charge in [0.1, 0.15) is 0 Å². The van der Waals surface area contributed by atoms with E-state index in [1.807, 2.05) is 0 Å². The van der Waals surface area contributed by atoms with Gasteiger partial charge in [0.15, 0.2) is 0 Å². The zero-order chi connectivity index (χ0) is 17.2. The second kappa shape index (κ2) is 6.13. The normalized spacial score (nSPS) is 54.2. The molecule has 0 N–H and O–H groups in total. The average molecular weight is 365 g/mol. The second-order valence-corrected chi connectivity index (χ2v) is 9.65. The van der Waals surface area contributed by atoms with Crippen molar-refractivity contribution >= 4 is 0 Å². The molecule has 26 heavy (non-hydrogen) atoms. The Bertz CT molecular complexity index is 500. The summed E-state index contributed by atoms with van der Waals surface area (Å²) in [7, 11) is 0. The van der Waals surface area contributed by atoms with E-state index < -0.39 is 11.6 Å². The molecule has 7 aliphatic rings. The number of hydrogen-bond donors (Lipinski definition) is 0. The van der Waals surface area contributed by atoms with Gasteiger partial charge in [-0.3, -0.25) is 4.90 Å². The van der Waals surface area contributed by atoms with Crippen molar-refractivity contribution in [2.24, 2.45) is 23.7 Å². The average Bonchev–Trinajstić information content (AvgIpc) is 2.68. The Kier molecular flexibility index (Phi) is 3.93. The van der Waals surface area contributed by atoms with Gasteiger partial charge in [0.05, 0.1) is 13.2 Å². The number of morpholine rings is 1. The molecule has 7 rings (SSSR count). The zero-order valence-corrected chi connectivity index (χ0v) is 15.6. The fourth-order valence-electron chi connectivity index (χ4n) is 6.94. The van der Waals surface area contributed by atoms with E-state index in [4.69, 9.17) is 24.3 Å². The van der Waals surface area contributed by atoms with E-state index in [0.717, 1.165) is 63.8 Å². The van der Waals surface area contributed by atoms with Gasteiger partial charge in [-0.1, -0.05) is 0 Å². The minimum atomic E-state index is -0.692. The highest BCUT2D eigenvalue weighted by Gasteiger charge is 2.64. The molecule has 2 aliphatic heterocycles. The van der Waals surface area contributed by atoms with Crippen LogP contribution in [0.5, 0.6) is 0 Å². The summed E-state index contributed by atoms with van der Waals surface area (Å²) in [6.07, 6.45) is 10.1. The lowest BCUT2D eigenvalue weighted by Gasteiger charge is -2.60. The third kappa shape index (κ3) is 2.53. The van der Waals surface area contributed by atoms with Crippen LogP contribution in [0.15, 0.2) is 0 Å². The molecule has 0 amide bonds. The van der Waals surface area contributed by atoms with Crippen LogP contribution in [0, 0.1) is 23.7 Å². The summed E-state index contributed by atoms with van der Waals surface area (Å²) in [6, 6.07) is 0.605. The van der Waals surface area contributed by atoms with Crippen molar-refractivity contribution in [2.45, 2.75) is 75.4 Å². The smallest absolute Gasteiger partial charge is 0.239 e. The van der Waals surface area contributed by atoms with E-state index in [2.05, 4.69) is 4.90 Å². The maximum Gasteiger partial charge on any atom is 0.239 e. The predicted octanol–water partition coefficient (Wildman–Crippen LogP) is 3.02. The summed E-state index contributed by atoms with van der Waals surface area (Å²) >= 11 is 0. The predicted molar refractivity (Wildman–Crippen MR) is 91.5 cm³/mol. The van der Waals surface area contributed by atoms with Crippen LogP contribution in [0.1, 0.15) is 57.8 Å². The summed E-state index contributed by atoms with van der Waals surface area (Å²) < 4.78 is 5.48. The highest BCUT2D eigenvalue weighted by Crippen LogP contribution is 2.61. The molecular weight excluding hydrogens is 334 g/mol. The van der Waals surface area contributed by atoms with Crippen LogP contribution in [0.4, 0.5) is 0 Å². The zero-order valence-electron chi connectivity index (χ0n) is 15.6. The van der Waals surface area contributed by atoms with Crippen LogP contribution in [0.25, 0.3) is 0 Å². The van der Waals surface area contributed by atoms with Crippen LogP contribution in [-0.4, -0.2) is 48.8 Å². The van der Waals surface area contributed by atoms with Gasteiger partial charge in [0.25, 0.3) is 0 Å². The van der Waals surface area contributed by atoms with Crippen molar-refractivity contribution < 1.29 is 24.3 Å². The Labute approximate surface area is 155 Å². The molecule has 0 aromatic heterocycles. The first-order valence-corrected chi connectivity index (χ1v) is 10.8. The third-order valence-electron chi connectivity index (χ3n) is 8.20. The third-order valence-corrected chi connectivity index (χ3v) is 8.20. The first-order valence-electron chi connectivity index (χ1n) is 10.8. The van der Waals surface area contributed by atoms with Crippen LogP contribution < -0.4 is 0 Å². The number of ether oxygens (including phenoxy) is 1. The Morgan fingerprint density at radius 2 is 1.27 bits per heavy atom. The maximum absolute atomic E-state index is 6.14. The molecule has 6 heteroatoms. The van der Waals surface area contributed by atoms with Crippen molar-refractivity contribution in [3.05, 3.63) is 0 Å². The van der Waals surface area contributed by atoms with Crippen molar-refractivity contribution in [1.82, 2.24) is 4.90 Å². The van der Waals surface area contributed by atoms with Crippen molar-refractivity contribution in [2.75, 3.05) is 26.3 Å². The van der Waals surface area contributed by atoms with Gasteiger partial charge in [0, 0.05) is 43.8 Å². The highest BCUT2D eigenvalue weighted by atomic mass is 17.4. The summed E-state index contributed by atoms with van der Waals surface area (Å²) in [4.78, 5) is 26.9. The number of nitrogens with zero attached hydrogens (tertiary/aromatic N) is 1. The van der Waals surface area contributed by atoms with Gasteiger partial charge >= 0.3 is 0 Å². The van der Waals surface area contributed by atoms with Crippen LogP contribution in [-0.2, 0) is 24.3 Å². The molecule has 2 spiro atoms. The highest BCUT2D eigenvalue weighted by molar-refractivity contribution is 5.03. The maximum atomic E-state index is 6.14. The topological polar surface area (TPSA) is 49.4 Å². The van der Waals surface area contributed by atoms with E-state index in [-0.39, 0.29) is 0 Å². The van der Waals surface area contributed by atoms with Gasteiger partial charge in [-0.05, 0) is 56.8 Å². The summed E-state index contributed by atoms with van der Waals surface area (Å²) in [5.41, 5.74) is 0. The molecule has 5 aliphatic carbocycles. The largest absolute Gasteiger partial charge is 0.379 e. The molecule has 0 atom stereocenters. The summed E-state index contributed by atoms with van der Waals surface area (Å²) in [5, 5.41) is 0. The molecule has 5 saturated carbocycles. The fourth-order valence-corrected chi connectivity index (χ4v) is 6.94. The van der Waals surface area contributed by atoms with E-state index >= 15 is 0 Å². The van der Waals surface area contributed by atoms with Gasteiger partial charge in [-0.15, -0.1) is 0 Å². The molecule has 0 unspecified atom stereocenters. The molecular formula is C20H31NO5. The van der Waals surface area contributed by atoms with Crippen LogP contribution in [0.3, 0.4) is 0 Å². The van der Waals surface area contributed by atoms with Crippen molar-refractivity contribution in [3.63, 3.8) is 0 Å². The van der Waals surface area contributed by atoms with Crippen molar-refractivity contribution in [3.8, 4) is 0 Å². The first-order chi connectivity index (χ1) is 12.7. The van der Waals surface area contributed by atoms with E-state index in [1.54, 1.807) is 0 Å².